The largest absolute Gasteiger partial charge is 0.497 e. The fourth-order valence-corrected chi connectivity index (χ4v) is 3.90. The second-order valence-electron chi connectivity index (χ2n) is 7.89. The van der Waals surface area contributed by atoms with E-state index in [4.69, 9.17) is 9.84 Å². The monoisotopic (exact) mass is 374 g/mol. The van der Waals surface area contributed by atoms with Gasteiger partial charge in [-0.05, 0) is 69.1 Å². The van der Waals surface area contributed by atoms with Crippen LogP contribution < -0.4 is 10.1 Å². The fourth-order valence-electron chi connectivity index (χ4n) is 3.90. The number of nitrogens with one attached hydrogen (secondary N) is 1. The maximum Gasteiger partial charge on any atom is 0.318 e. The van der Waals surface area contributed by atoms with Gasteiger partial charge in [0.15, 0.2) is 0 Å². The molecule has 0 aromatic heterocycles. The maximum atomic E-state index is 13.0. The first-order chi connectivity index (χ1) is 13.0. The van der Waals surface area contributed by atoms with Crippen LogP contribution in [0.3, 0.4) is 0 Å². The summed E-state index contributed by atoms with van der Waals surface area (Å²) in [5.41, 5.74) is 1.08. The van der Waals surface area contributed by atoms with E-state index in [-0.39, 0.29) is 24.0 Å². The zero-order chi connectivity index (χ0) is 19.4. The van der Waals surface area contributed by atoms with Crippen LogP contribution in [0.2, 0.25) is 0 Å². The molecule has 0 bridgehead atoms. The SMILES string of the molecule is COc1ccc(CN(C(=O)NC2CCC(C(=O)O)CC2)C(C)C2CC2)cc1. The summed E-state index contributed by atoms with van der Waals surface area (Å²) in [5, 5.41) is 12.3. The number of aliphatic carboxylic acids is 1. The van der Waals surface area contributed by atoms with Gasteiger partial charge in [-0.1, -0.05) is 12.1 Å². The molecule has 148 valence electrons. The highest BCUT2D eigenvalue weighted by Gasteiger charge is 2.35. The summed E-state index contributed by atoms with van der Waals surface area (Å²) in [6.45, 7) is 2.69. The second-order valence-corrected chi connectivity index (χ2v) is 7.89. The highest BCUT2D eigenvalue weighted by molar-refractivity contribution is 5.75. The molecule has 27 heavy (non-hydrogen) atoms. The van der Waals surface area contributed by atoms with E-state index >= 15 is 0 Å². The minimum absolute atomic E-state index is 0.0380. The molecule has 6 heteroatoms. The third kappa shape index (κ3) is 5.15. The molecule has 2 aliphatic rings. The predicted octanol–water partition coefficient (Wildman–Crippen LogP) is 3.65. The number of urea groups is 1. The van der Waals surface area contributed by atoms with Crippen LogP contribution in [-0.2, 0) is 11.3 Å². The van der Waals surface area contributed by atoms with E-state index in [1.54, 1.807) is 7.11 Å². The van der Waals surface area contributed by atoms with Crippen molar-refractivity contribution in [1.82, 2.24) is 10.2 Å². The number of carboxylic acid groups (broad SMARTS) is 1. The van der Waals surface area contributed by atoms with Crippen molar-refractivity contribution in [2.75, 3.05) is 7.11 Å². The summed E-state index contributed by atoms with van der Waals surface area (Å²) in [6.07, 6.45) is 5.09. The normalized spacial score (nSPS) is 23.3. The summed E-state index contributed by atoms with van der Waals surface area (Å²) in [7, 11) is 1.64. The molecule has 6 nitrogen and oxygen atoms in total. The number of carbonyl (C=O) groups is 2. The van der Waals surface area contributed by atoms with Crippen LogP contribution in [0.5, 0.6) is 5.75 Å². The Balaban J connectivity index is 1.61. The van der Waals surface area contributed by atoms with Crippen molar-refractivity contribution < 1.29 is 19.4 Å². The first kappa shape index (κ1) is 19.5. The van der Waals surface area contributed by atoms with Gasteiger partial charge in [0.2, 0.25) is 0 Å². The van der Waals surface area contributed by atoms with E-state index in [1.165, 1.54) is 12.8 Å². The lowest BCUT2D eigenvalue weighted by molar-refractivity contribution is -0.142. The van der Waals surface area contributed by atoms with E-state index in [9.17, 15) is 9.59 Å². The Morgan fingerprint density at radius 1 is 1.15 bits per heavy atom. The fraction of sp³-hybridized carbons (Fsp3) is 0.619. The molecule has 1 atom stereocenters. The van der Waals surface area contributed by atoms with Crippen LogP contribution >= 0.6 is 0 Å². The summed E-state index contributed by atoms with van der Waals surface area (Å²) in [4.78, 5) is 26.0. The van der Waals surface area contributed by atoms with Crippen molar-refractivity contribution in [3.8, 4) is 5.75 Å². The topological polar surface area (TPSA) is 78.9 Å². The van der Waals surface area contributed by atoms with Crippen molar-refractivity contribution >= 4 is 12.0 Å². The van der Waals surface area contributed by atoms with E-state index in [2.05, 4.69) is 12.2 Å². The maximum absolute atomic E-state index is 13.0. The van der Waals surface area contributed by atoms with Crippen molar-refractivity contribution in [3.63, 3.8) is 0 Å². The standard InChI is InChI=1S/C21H30N2O4/c1-14(16-5-6-16)23(13-15-3-11-19(27-2)12-4-15)21(26)22-18-9-7-17(8-10-18)20(24)25/h3-4,11-12,14,16-18H,5-10,13H2,1-2H3,(H,22,26)(H,24,25). The Kier molecular flexibility index (Phi) is 6.24. The highest BCUT2D eigenvalue weighted by Crippen LogP contribution is 2.36. The lowest BCUT2D eigenvalue weighted by atomic mass is 9.86. The smallest absolute Gasteiger partial charge is 0.318 e. The molecule has 1 unspecified atom stereocenters. The lowest BCUT2D eigenvalue weighted by Crippen LogP contribution is -2.49. The minimum Gasteiger partial charge on any atom is -0.497 e. The molecule has 2 saturated carbocycles. The molecule has 0 heterocycles. The Labute approximate surface area is 160 Å². The van der Waals surface area contributed by atoms with Crippen LogP contribution in [0.15, 0.2) is 24.3 Å². The van der Waals surface area contributed by atoms with Crippen LogP contribution in [0, 0.1) is 11.8 Å². The number of rotatable bonds is 7. The number of carbonyl (C=O) groups excluding carboxylic acids is 1. The number of hydrogen-bond donors (Lipinski definition) is 2. The van der Waals surface area contributed by atoms with Gasteiger partial charge in [0.05, 0.1) is 13.0 Å². The Bertz CT molecular complexity index is 649. The molecule has 0 radical (unpaired) electrons. The van der Waals surface area contributed by atoms with Gasteiger partial charge in [0, 0.05) is 18.6 Å². The molecule has 2 N–H and O–H groups in total. The Hall–Kier alpha value is -2.24. The molecule has 0 saturated heterocycles. The van der Waals surface area contributed by atoms with Gasteiger partial charge >= 0.3 is 12.0 Å². The zero-order valence-electron chi connectivity index (χ0n) is 16.2. The molecule has 3 rings (SSSR count). The van der Waals surface area contributed by atoms with E-state index in [1.807, 2.05) is 29.2 Å². The molecular formula is C21H30N2O4. The molecule has 2 amide bonds. The van der Waals surface area contributed by atoms with E-state index < -0.39 is 5.97 Å². The summed E-state index contributed by atoms with van der Waals surface area (Å²) >= 11 is 0. The van der Waals surface area contributed by atoms with Crippen molar-refractivity contribution in [3.05, 3.63) is 29.8 Å². The van der Waals surface area contributed by atoms with Gasteiger partial charge in [-0.15, -0.1) is 0 Å². The molecule has 0 spiro atoms. The molecule has 2 aliphatic carbocycles. The van der Waals surface area contributed by atoms with Gasteiger partial charge in [-0.3, -0.25) is 4.79 Å². The summed E-state index contributed by atoms with van der Waals surface area (Å²) < 4.78 is 5.21. The molecule has 1 aromatic rings. The number of benzene rings is 1. The summed E-state index contributed by atoms with van der Waals surface area (Å²) in [6, 6.07) is 8.05. The van der Waals surface area contributed by atoms with Crippen LogP contribution in [0.4, 0.5) is 4.79 Å². The van der Waals surface area contributed by atoms with Gasteiger partial charge in [-0.2, -0.15) is 0 Å². The first-order valence-corrected chi connectivity index (χ1v) is 9.90. The molecular weight excluding hydrogens is 344 g/mol. The lowest BCUT2D eigenvalue weighted by Gasteiger charge is -2.33. The van der Waals surface area contributed by atoms with Crippen LogP contribution in [-0.4, -0.2) is 41.2 Å². The highest BCUT2D eigenvalue weighted by atomic mass is 16.5. The van der Waals surface area contributed by atoms with Crippen molar-refractivity contribution in [2.45, 2.75) is 64.1 Å². The van der Waals surface area contributed by atoms with Crippen LogP contribution in [0.25, 0.3) is 0 Å². The van der Waals surface area contributed by atoms with E-state index in [0.29, 0.717) is 25.3 Å². The van der Waals surface area contributed by atoms with Crippen molar-refractivity contribution in [2.24, 2.45) is 11.8 Å². The third-order valence-electron chi connectivity index (χ3n) is 5.97. The minimum atomic E-state index is -0.719. The average molecular weight is 374 g/mol. The number of carboxylic acids is 1. The molecule has 2 fully saturated rings. The van der Waals surface area contributed by atoms with Gasteiger partial charge in [0.25, 0.3) is 0 Å². The number of amides is 2. The number of ether oxygens (including phenoxy) is 1. The zero-order valence-corrected chi connectivity index (χ0v) is 16.2. The van der Waals surface area contributed by atoms with Gasteiger partial charge in [0.1, 0.15) is 5.75 Å². The first-order valence-electron chi connectivity index (χ1n) is 9.90. The third-order valence-corrected chi connectivity index (χ3v) is 5.97. The number of nitrogens with zero attached hydrogens (tertiary/aromatic N) is 1. The van der Waals surface area contributed by atoms with E-state index in [0.717, 1.165) is 24.2 Å². The van der Waals surface area contributed by atoms with Crippen molar-refractivity contribution in [1.29, 1.82) is 0 Å². The average Bonchev–Trinajstić information content (AvgIpc) is 3.51. The van der Waals surface area contributed by atoms with Gasteiger partial charge < -0.3 is 20.1 Å². The second kappa shape index (κ2) is 8.63. The number of methoxy groups -OCH3 is 1. The summed E-state index contributed by atoms with van der Waals surface area (Å²) in [5.74, 6) is 0.402. The Morgan fingerprint density at radius 3 is 2.30 bits per heavy atom. The van der Waals surface area contributed by atoms with Crippen LogP contribution in [0.1, 0.15) is 51.0 Å². The van der Waals surface area contributed by atoms with Gasteiger partial charge in [-0.25, -0.2) is 4.79 Å². The molecule has 0 aliphatic heterocycles. The number of hydrogen-bond acceptors (Lipinski definition) is 3. The molecule has 1 aromatic carbocycles. The predicted molar refractivity (Wildman–Crippen MR) is 103 cm³/mol. The quantitative estimate of drug-likeness (QED) is 0.764. The Morgan fingerprint density at radius 2 is 1.78 bits per heavy atom.